The molecule has 114 valence electrons. The molecule has 1 amide bonds. The fourth-order valence-corrected chi connectivity index (χ4v) is 2.28. The number of hydrogen-bond donors (Lipinski definition) is 2. The van der Waals surface area contributed by atoms with Gasteiger partial charge in [-0.1, -0.05) is 11.8 Å². The van der Waals surface area contributed by atoms with Gasteiger partial charge in [0.1, 0.15) is 0 Å². The van der Waals surface area contributed by atoms with E-state index in [4.69, 9.17) is 9.84 Å². The molecule has 0 spiro atoms. The lowest BCUT2D eigenvalue weighted by Gasteiger charge is -2.03. The summed E-state index contributed by atoms with van der Waals surface area (Å²) in [6, 6.07) is 3.50. The number of aliphatic hydroxyl groups is 1. The highest BCUT2D eigenvalue weighted by atomic mass is 32.1. The van der Waals surface area contributed by atoms with E-state index in [0.29, 0.717) is 37.3 Å². The Morgan fingerprint density at radius 3 is 2.95 bits per heavy atom. The molecule has 0 bridgehead atoms. The molecule has 0 saturated heterocycles. The van der Waals surface area contributed by atoms with Gasteiger partial charge in [-0.05, 0) is 25.5 Å². The molecule has 1 aromatic heterocycles. The fraction of sp³-hybridized carbons (Fsp3) is 0.467. The van der Waals surface area contributed by atoms with Crippen molar-refractivity contribution in [1.29, 1.82) is 0 Å². The predicted octanol–water partition coefficient (Wildman–Crippen LogP) is 1.56. The highest BCUT2D eigenvalue weighted by Gasteiger charge is 2.08. The molecular formula is C15H19NO4S. The molecule has 0 aliphatic carbocycles. The lowest BCUT2D eigenvalue weighted by atomic mass is 10.3. The first-order valence-corrected chi connectivity index (χ1v) is 7.62. The van der Waals surface area contributed by atoms with Gasteiger partial charge in [0.05, 0.1) is 23.0 Å². The first-order chi connectivity index (χ1) is 10.2. The first-order valence-electron chi connectivity index (χ1n) is 6.80. The van der Waals surface area contributed by atoms with E-state index in [2.05, 4.69) is 17.2 Å². The van der Waals surface area contributed by atoms with Gasteiger partial charge in [0.25, 0.3) is 5.91 Å². The second-order valence-electron chi connectivity index (χ2n) is 4.10. The van der Waals surface area contributed by atoms with Gasteiger partial charge in [-0.25, -0.2) is 0 Å². The van der Waals surface area contributed by atoms with Crippen molar-refractivity contribution in [3.05, 3.63) is 21.9 Å². The number of carbonyl (C=O) groups is 2. The van der Waals surface area contributed by atoms with Crippen LogP contribution in [0.2, 0.25) is 0 Å². The maximum absolute atomic E-state index is 11.9. The number of amides is 1. The number of carbonyl (C=O) groups excluding carboxylic acids is 2. The number of esters is 1. The molecule has 0 aliphatic rings. The van der Waals surface area contributed by atoms with Crippen LogP contribution in [0.15, 0.2) is 12.1 Å². The largest absolute Gasteiger partial charge is 0.466 e. The molecule has 6 heteroatoms. The van der Waals surface area contributed by atoms with Crippen LogP contribution in [0.25, 0.3) is 0 Å². The minimum Gasteiger partial charge on any atom is -0.466 e. The predicted molar refractivity (Wildman–Crippen MR) is 81.1 cm³/mol. The number of nitrogens with one attached hydrogen (secondary N) is 1. The standard InChI is InChI=1S/C15H19NO4S/c1-2-20-14(18)7-5-10-16-15(19)13-9-8-12(21-13)6-3-4-11-17/h8-9,17H,2,4-5,7,10-11H2,1H3,(H,16,19). The SMILES string of the molecule is CCOC(=O)CCCNC(=O)c1ccc(C#CCCO)s1. The highest BCUT2D eigenvalue weighted by molar-refractivity contribution is 7.14. The van der Waals surface area contributed by atoms with Gasteiger partial charge in [-0.3, -0.25) is 9.59 Å². The van der Waals surface area contributed by atoms with Gasteiger partial charge in [-0.2, -0.15) is 0 Å². The van der Waals surface area contributed by atoms with Crippen LogP contribution in [0.5, 0.6) is 0 Å². The fourth-order valence-electron chi connectivity index (χ4n) is 1.49. The van der Waals surface area contributed by atoms with Crippen molar-refractivity contribution in [1.82, 2.24) is 5.32 Å². The minimum atomic E-state index is -0.246. The summed E-state index contributed by atoms with van der Waals surface area (Å²) in [6.45, 7) is 2.60. The van der Waals surface area contributed by atoms with Crippen LogP contribution in [0.1, 0.15) is 40.7 Å². The molecular weight excluding hydrogens is 290 g/mol. The lowest BCUT2D eigenvalue weighted by molar-refractivity contribution is -0.143. The Labute approximate surface area is 128 Å². The van der Waals surface area contributed by atoms with Crippen molar-refractivity contribution < 1.29 is 19.4 Å². The molecule has 21 heavy (non-hydrogen) atoms. The van der Waals surface area contributed by atoms with Crippen LogP contribution in [-0.2, 0) is 9.53 Å². The van der Waals surface area contributed by atoms with Gasteiger partial charge in [0, 0.05) is 19.4 Å². The Morgan fingerprint density at radius 2 is 2.24 bits per heavy atom. The van der Waals surface area contributed by atoms with Gasteiger partial charge < -0.3 is 15.2 Å². The van der Waals surface area contributed by atoms with Crippen LogP contribution in [0.3, 0.4) is 0 Å². The summed E-state index contributed by atoms with van der Waals surface area (Å²) in [5, 5.41) is 11.4. The third kappa shape index (κ3) is 6.93. The summed E-state index contributed by atoms with van der Waals surface area (Å²) in [5.41, 5.74) is 0. The summed E-state index contributed by atoms with van der Waals surface area (Å²) in [4.78, 5) is 24.3. The van der Waals surface area contributed by atoms with E-state index in [1.807, 2.05) is 0 Å². The monoisotopic (exact) mass is 309 g/mol. The van der Waals surface area contributed by atoms with Gasteiger partial charge in [0.2, 0.25) is 0 Å². The number of rotatable bonds is 7. The Bertz CT molecular complexity index is 527. The van der Waals surface area contributed by atoms with Crippen molar-refractivity contribution in [3.63, 3.8) is 0 Å². The van der Waals surface area contributed by atoms with Gasteiger partial charge in [-0.15, -0.1) is 11.3 Å². The van der Waals surface area contributed by atoms with Crippen LogP contribution in [0, 0.1) is 11.8 Å². The third-order valence-electron chi connectivity index (χ3n) is 2.43. The minimum absolute atomic E-state index is 0.0339. The molecule has 0 fully saturated rings. The number of aliphatic hydroxyl groups excluding tert-OH is 1. The van der Waals surface area contributed by atoms with Crippen LogP contribution < -0.4 is 5.32 Å². The highest BCUT2D eigenvalue weighted by Crippen LogP contribution is 2.15. The first kappa shape index (κ1) is 17.2. The molecule has 0 radical (unpaired) electrons. The summed E-state index contributed by atoms with van der Waals surface area (Å²) in [6.07, 6.45) is 1.28. The van der Waals surface area contributed by atoms with Crippen molar-refractivity contribution in [2.75, 3.05) is 19.8 Å². The Balaban J connectivity index is 2.33. The molecule has 0 saturated carbocycles. The average molecular weight is 309 g/mol. The van der Waals surface area contributed by atoms with Crippen molar-refractivity contribution in [2.45, 2.75) is 26.2 Å². The maximum atomic E-state index is 11.9. The summed E-state index contributed by atoms with van der Waals surface area (Å²) < 4.78 is 4.80. The number of ether oxygens (including phenoxy) is 1. The Kier molecular flexibility index (Phi) is 8.17. The van der Waals surface area contributed by atoms with E-state index in [1.165, 1.54) is 11.3 Å². The van der Waals surface area contributed by atoms with Gasteiger partial charge in [0.15, 0.2) is 0 Å². The topological polar surface area (TPSA) is 75.6 Å². The molecule has 0 atom stereocenters. The molecule has 1 aromatic rings. The molecule has 0 aliphatic heterocycles. The second-order valence-corrected chi connectivity index (χ2v) is 5.19. The Hall–Kier alpha value is -1.84. The van der Waals surface area contributed by atoms with E-state index in [-0.39, 0.29) is 18.5 Å². The van der Waals surface area contributed by atoms with Crippen LogP contribution >= 0.6 is 11.3 Å². The van der Waals surface area contributed by atoms with E-state index < -0.39 is 0 Å². The van der Waals surface area contributed by atoms with E-state index in [0.717, 1.165) is 4.88 Å². The number of hydrogen-bond acceptors (Lipinski definition) is 5. The maximum Gasteiger partial charge on any atom is 0.305 e. The summed E-state index contributed by atoms with van der Waals surface area (Å²) in [7, 11) is 0. The van der Waals surface area contributed by atoms with E-state index in [9.17, 15) is 9.59 Å². The smallest absolute Gasteiger partial charge is 0.305 e. The molecule has 1 rings (SSSR count). The van der Waals surface area contributed by atoms with E-state index >= 15 is 0 Å². The van der Waals surface area contributed by atoms with Crippen LogP contribution in [-0.4, -0.2) is 36.7 Å². The zero-order chi connectivity index (χ0) is 15.5. The molecule has 5 nitrogen and oxygen atoms in total. The molecule has 0 aromatic carbocycles. The molecule has 1 heterocycles. The lowest BCUT2D eigenvalue weighted by Crippen LogP contribution is -2.24. The normalized spacial score (nSPS) is 9.62. The van der Waals surface area contributed by atoms with Crippen molar-refractivity contribution in [3.8, 4) is 11.8 Å². The van der Waals surface area contributed by atoms with Crippen molar-refractivity contribution in [2.24, 2.45) is 0 Å². The quantitative estimate of drug-likeness (QED) is 0.455. The summed E-state index contributed by atoms with van der Waals surface area (Å²) in [5.74, 6) is 5.28. The molecule has 0 unspecified atom stereocenters. The van der Waals surface area contributed by atoms with Crippen LogP contribution in [0.4, 0.5) is 0 Å². The van der Waals surface area contributed by atoms with Crippen molar-refractivity contribution >= 4 is 23.2 Å². The average Bonchev–Trinajstić information content (AvgIpc) is 2.93. The zero-order valence-electron chi connectivity index (χ0n) is 12.0. The second kappa shape index (κ2) is 9.97. The Morgan fingerprint density at radius 1 is 1.43 bits per heavy atom. The third-order valence-corrected chi connectivity index (χ3v) is 3.43. The number of thiophene rings is 1. The molecule has 2 N–H and O–H groups in total. The zero-order valence-corrected chi connectivity index (χ0v) is 12.8. The van der Waals surface area contributed by atoms with Gasteiger partial charge >= 0.3 is 5.97 Å². The summed E-state index contributed by atoms with van der Waals surface area (Å²) >= 11 is 1.30. The van der Waals surface area contributed by atoms with E-state index in [1.54, 1.807) is 19.1 Å².